The van der Waals surface area contributed by atoms with Gasteiger partial charge >= 0.3 is 5.97 Å². The molecule has 0 aromatic rings. The Bertz CT molecular complexity index is 169. The van der Waals surface area contributed by atoms with Crippen LogP contribution in [0.1, 0.15) is 19.3 Å². The molecular weight excluding hydrogens is 146 g/mol. The van der Waals surface area contributed by atoms with Gasteiger partial charge < -0.3 is 5.11 Å². The number of carbonyl (C=O) groups is 1. The van der Waals surface area contributed by atoms with Gasteiger partial charge in [-0.05, 0) is 18.8 Å². The Kier molecular flexibility index (Phi) is 2.57. The van der Waals surface area contributed by atoms with Crippen molar-refractivity contribution in [3.8, 4) is 0 Å². The second-order valence-electron chi connectivity index (χ2n) is 2.95. The molecule has 0 spiro atoms. The summed E-state index contributed by atoms with van der Waals surface area (Å²) < 4.78 is 0. The van der Waals surface area contributed by atoms with Crippen molar-refractivity contribution in [3.05, 3.63) is 4.91 Å². The first-order valence-corrected chi connectivity index (χ1v) is 3.77. The van der Waals surface area contributed by atoms with Gasteiger partial charge in [0, 0.05) is 0 Å². The van der Waals surface area contributed by atoms with E-state index in [1.165, 1.54) is 0 Å². The minimum atomic E-state index is -0.781. The number of nitrogens with zero attached hydrogens (tertiary/aromatic N) is 1. The summed E-state index contributed by atoms with van der Waals surface area (Å²) in [7, 11) is 0. The van der Waals surface area contributed by atoms with E-state index in [1.807, 2.05) is 0 Å². The topological polar surface area (TPSA) is 66.7 Å². The van der Waals surface area contributed by atoms with Gasteiger partial charge in [0.15, 0.2) is 0 Å². The zero-order valence-corrected chi connectivity index (χ0v) is 6.19. The summed E-state index contributed by atoms with van der Waals surface area (Å²) >= 11 is 0. The summed E-state index contributed by atoms with van der Waals surface area (Å²) in [6, 6.07) is 0. The van der Waals surface area contributed by atoms with Gasteiger partial charge in [-0.3, -0.25) is 4.79 Å². The molecule has 0 aromatic carbocycles. The largest absolute Gasteiger partial charge is 0.481 e. The highest BCUT2D eigenvalue weighted by Crippen LogP contribution is 2.31. The molecule has 1 rings (SSSR count). The molecule has 0 radical (unpaired) electrons. The third kappa shape index (κ3) is 1.76. The number of rotatable bonds is 3. The Morgan fingerprint density at radius 2 is 2.27 bits per heavy atom. The van der Waals surface area contributed by atoms with Crippen LogP contribution < -0.4 is 0 Å². The van der Waals surface area contributed by atoms with Crippen LogP contribution in [-0.2, 0) is 4.79 Å². The molecular formula is C7H11NO3. The summed E-state index contributed by atoms with van der Waals surface area (Å²) in [6.45, 7) is 0.164. The highest BCUT2D eigenvalue weighted by atomic mass is 16.4. The maximum Gasteiger partial charge on any atom is 0.306 e. The first-order chi connectivity index (χ1) is 5.25. The van der Waals surface area contributed by atoms with Gasteiger partial charge in [0.2, 0.25) is 0 Å². The Morgan fingerprint density at radius 3 is 2.82 bits per heavy atom. The Balaban J connectivity index is 2.50. The minimum absolute atomic E-state index is 0.00926. The molecule has 11 heavy (non-hydrogen) atoms. The quantitative estimate of drug-likeness (QED) is 0.627. The lowest BCUT2D eigenvalue weighted by Gasteiger charge is -2.10. The van der Waals surface area contributed by atoms with Crippen LogP contribution in [0.25, 0.3) is 0 Å². The number of hydrogen-bond acceptors (Lipinski definition) is 3. The molecule has 1 N–H and O–H groups in total. The normalized spacial score (nSPS) is 30.2. The first-order valence-electron chi connectivity index (χ1n) is 3.77. The lowest BCUT2D eigenvalue weighted by atomic mass is 9.97. The molecule has 0 bridgehead atoms. The maximum atomic E-state index is 10.5. The molecule has 0 aromatic heterocycles. The van der Waals surface area contributed by atoms with Crippen LogP contribution in [0.5, 0.6) is 0 Å². The lowest BCUT2D eigenvalue weighted by Crippen LogP contribution is -2.20. The number of aliphatic carboxylic acids is 1. The molecule has 4 nitrogen and oxygen atoms in total. The van der Waals surface area contributed by atoms with Crippen molar-refractivity contribution in [1.29, 1.82) is 0 Å². The molecule has 4 heteroatoms. The van der Waals surface area contributed by atoms with Gasteiger partial charge in [-0.2, -0.15) is 4.91 Å². The van der Waals surface area contributed by atoms with Crippen LogP contribution in [0.15, 0.2) is 5.18 Å². The monoisotopic (exact) mass is 157 g/mol. The van der Waals surface area contributed by atoms with Crippen molar-refractivity contribution in [1.82, 2.24) is 0 Å². The summed E-state index contributed by atoms with van der Waals surface area (Å²) in [5.41, 5.74) is 0. The van der Waals surface area contributed by atoms with Crippen molar-refractivity contribution in [2.45, 2.75) is 19.3 Å². The highest BCUT2D eigenvalue weighted by molar-refractivity contribution is 5.70. The molecule has 1 aliphatic rings. The average Bonchev–Trinajstić information content (AvgIpc) is 2.36. The summed E-state index contributed by atoms with van der Waals surface area (Å²) in [6.07, 6.45) is 2.45. The molecule has 2 atom stereocenters. The number of hydrogen-bond donors (Lipinski definition) is 1. The molecule has 0 unspecified atom stereocenters. The fourth-order valence-electron chi connectivity index (χ4n) is 1.68. The summed E-state index contributed by atoms with van der Waals surface area (Å²) in [5, 5.41) is 11.4. The number of carboxylic acids is 1. The van der Waals surface area contributed by atoms with Crippen molar-refractivity contribution in [2.75, 3.05) is 6.54 Å². The van der Waals surface area contributed by atoms with Crippen molar-refractivity contribution < 1.29 is 9.90 Å². The van der Waals surface area contributed by atoms with Gasteiger partial charge in [0.05, 0.1) is 12.5 Å². The van der Waals surface area contributed by atoms with Gasteiger partial charge in [0.1, 0.15) is 0 Å². The highest BCUT2D eigenvalue weighted by Gasteiger charge is 2.32. The Hall–Kier alpha value is -0.930. The van der Waals surface area contributed by atoms with Crippen molar-refractivity contribution in [3.63, 3.8) is 0 Å². The predicted molar refractivity (Wildman–Crippen MR) is 39.1 cm³/mol. The fourth-order valence-corrected chi connectivity index (χ4v) is 1.68. The van der Waals surface area contributed by atoms with E-state index in [0.29, 0.717) is 6.42 Å². The lowest BCUT2D eigenvalue weighted by molar-refractivity contribution is -0.142. The van der Waals surface area contributed by atoms with Gasteiger partial charge in [-0.25, -0.2) is 0 Å². The third-order valence-corrected chi connectivity index (χ3v) is 2.29. The van der Waals surface area contributed by atoms with E-state index in [9.17, 15) is 9.70 Å². The molecule has 0 amide bonds. The molecule has 0 heterocycles. The zero-order valence-electron chi connectivity index (χ0n) is 6.19. The number of nitroso groups, excluding NO2 is 1. The smallest absolute Gasteiger partial charge is 0.306 e. The van der Waals surface area contributed by atoms with E-state index >= 15 is 0 Å². The van der Waals surface area contributed by atoms with Crippen LogP contribution in [0.2, 0.25) is 0 Å². The van der Waals surface area contributed by atoms with E-state index in [0.717, 1.165) is 12.8 Å². The molecule has 0 aliphatic heterocycles. The average molecular weight is 157 g/mol. The van der Waals surface area contributed by atoms with E-state index in [4.69, 9.17) is 5.11 Å². The Morgan fingerprint density at radius 1 is 1.55 bits per heavy atom. The molecule has 1 aliphatic carbocycles. The maximum absolute atomic E-state index is 10.5. The fraction of sp³-hybridized carbons (Fsp3) is 0.857. The molecule has 0 saturated heterocycles. The minimum Gasteiger partial charge on any atom is -0.481 e. The van der Waals surface area contributed by atoms with Crippen LogP contribution >= 0.6 is 0 Å². The number of carboxylic acid groups (broad SMARTS) is 1. The summed E-state index contributed by atoms with van der Waals surface area (Å²) in [5.74, 6) is -1.12. The van der Waals surface area contributed by atoms with E-state index in [-0.39, 0.29) is 18.4 Å². The Labute approximate surface area is 64.6 Å². The van der Waals surface area contributed by atoms with E-state index < -0.39 is 5.97 Å². The molecule has 62 valence electrons. The third-order valence-electron chi connectivity index (χ3n) is 2.29. The summed E-state index contributed by atoms with van der Waals surface area (Å²) in [4.78, 5) is 20.4. The second kappa shape index (κ2) is 3.46. The van der Waals surface area contributed by atoms with Crippen LogP contribution in [0.4, 0.5) is 0 Å². The standard InChI is InChI=1S/C7H11NO3/c9-7(10)6-3-1-2-5(6)4-8-11/h5-6H,1-4H2,(H,9,10)/t5-,6-/m0/s1. The van der Waals surface area contributed by atoms with Gasteiger partial charge in [-0.1, -0.05) is 11.6 Å². The van der Waals surface area contributed by atoms with Crippen molar-refractivity contribution in [2.24, 2.45) is 17.0 Å². The predicted octanol–water partition coefficient (Wildman–Crippen LogP) is 1.25. The van der Waals surface area contributed by atoms with Gasteiger partial charge in [0.25, 0.3) is 0 Å². The van der Waals surface area contributed by atoms with E-state index in [2.05, 4.69) is 5.18 Å². The second-order valence-corrected chi connectivity index (χ2v) is 2.95. The first kappa shape index (κ1) is 8.17. The molecule has 1 saturated carbocycles. The molecule has 1 fully saturated rings. The van der Waals surface area contributed by atoms with Crippen LogP contribution in [-0.4, -0.2) is 17.6 Å². The van der Waals surface area contributed by atoms with Gasteiger partial charge in [-0.15, -0.1) is 0 Å². The zero-order chi connectivity index (χ0) is 8.27. The van der Waals surface area contributed by atoms with E-state index in [1.54, 1.807) is 0 Å². The van der Waals surface area contributed by atoms with Crippen LogP contribution in [0.3, 0.4) is 0 Å². The SMILES string of the molecule is O=NC[C@@H]1CCC[C@@H]1C(=O)O. The van der Waals surface area contributed by atoms with Crippen molar-refractivity contribution >= 4 is 5.97 Å². The van der Waals surface area contributed by atoms with Crippen LogP contribution in [0, 0.1) is 16.7 Å².